The first-order valence-corrected chi connectivity index (χ1v) is 4.25. The fourth-order valence-corrected chi connectivity index (χ4v) is 0.298. The lowest BCUT2D eigenvalue weighted by Gasteiger charge is -1.99. The standard InChI is InChI=1S/2C4H9NO2/c1-3(5-2)4(6)7;1-2-3(5)4(6)7/h3,5H,1-2H3,(H,6,7);3H,2,5H2,1H3,(H,6,7)/t3-;/m0./s1. The first-order valence-electron chi connectivity index (χ1n) is 4.25. The van der Waals surface area contributed by atoms with Gasteiger partial charge in [-0.25, -0.2) is 0 Å². The third-order valence-electron chi connectivity index (χ3n) is 1.56. The highest BCUT2D eigenvalue weighted by Crippen LogP contribution is 1.82. The van der Waals surface area contributed by atoms with Gasteiger partial charge in [0.15, 0.2) is 0 Å². The molecule has 0 bridgehead atoms. The van der Waals surface area contributed by atoms with Crippen LogP contribution in [0.25, 0.3) is 0 Å². The smallest absolute Gasteiger partial charge is 0.320 e. The van der Waals surface area contributed by atoms with Crippen molar-refractivity contribution in [3.05, 3.63) is 0 Å². The van der Waals surface area contributed by atoms with E-state index >= 15 is 0 Å². The lowest BCUT2D eigenvalue weighted by Crippen LogP contribution is -2.29. The Morgan fingerprint density at radius 1 is 1.36 bits per heavy atom. The van der Waals surface area contributed by atoms with Crippen LogP contribution in [0.2, 0.25) is 0 Å². The van der Waals surface area contributed by atoms with E-state index in [1.54, 1.807) is 20.9 Å². The summed E-state index contributed by atoms with van der Waals surface area (Å²) in [6, 6.07) is -1.11. The highest BCUT2D eigenvalue weighted by molar-refractivity contribution is 5.73. The van der Waals surface area contributed by atoms with E-state index in [1.807, 2.05) is 0 Å². The molecule has 0 aliphatic carbocycles. The average molecular weight is 206 g/mol. The van der Waals surface area contributed by atoms with Crippen molar-refractivity contribution in [2.75, 3.05) is 7.05 Å². The van der Waals surface area contributed by atoms with Crippen molar-refractivity contribution >= 4 is 11.9 Å². The average Bonchev–Trinajstić information content (AvgIpc) is 2.15. The number of carboxylic acids is 2. The van der Waals surface area contributed by atoms with Crippen LogP contribution < -0.4 is 11.1 Å². The molecule has 0 fully saturated rings. The molecule has 0 radical (unpaired) electrons. The lowest BCUT2D eigenvalue weighted by atomic mass is 10.2. The van der Waals surface area contributed by atoms with Crippen LogP contribution >= 0.6 is 0 Å². The molecular formula is C8H18N2O4. The largest absolute Gasteiger partial charge is 0.480 e. The Morgan fingerprint density at radius 2 is 1.79 bits per heavy atom. The van der Waals surface area contributed by atoms with Gasteiger partial charge in [0.05, 0.1) is 0 Å². The number of aliphatic carboxylic acids is 2. The molecule has 0 aromatic carbocycles. The fraction of sp³-hybridized carbons (Fsp3) is 0.750. The monoisotopic (exact) mass is 206 g/mol. The van der Waals surface area contributed by atoms with E-state index in [-0.39, 0.29) is 0 Å². The van der Waals surface area contributed by atoms with Gasteiger partial charge in [-0.3, -0.25) is 9.59 Å². The topological polar surface area (TPSA) is 113 Å². The van der Waals surface area contributed by atoms with Crippen LogP contribution in [0.15, 0.2) is 0 Å². The van der Waals surface area contributed by atoms with Crippen molar-refractivity contribution < 1.29 is 19.8 Å². The minimum atomic E-state index is -0.928. The van der Waals surface area contributed by atoms with Crippen molar-refractivity contribution in [1.29, 1.82) is 0 Å². The first-order chi connectivity index (χ1) is 6.36. The quantitative estimate of drug-likeness (QED) is 0.492. The second-order valence-electron chi connectivity index (χ2n) is 2.70. The van der Waals surface area contributed by atoms with Gasteiger partial charge < -0.3 is 21.3 Å². The highest BCUT2D eigenvalue weighted by Gasteiger charge is 2.05. The summed E-state index contributed by atoms with van der Waals surface area (Å²) >= 11 is 0. The molecule has 0 amide bonds. The normalized spacial score (nSPS) is 13.4. The SMILES string of the molecule is CCC(N)C(=O)O.CN[C@@H](C)C(=O)O. The zero-order valence-electron chi connectivity index (χ0n) is 8.65. The highest BCUT2D eigenvalue weighted by atomic mass is 16.4. The summed E-state index contributed by atoms with van der Waals surface area (Å²) in [6.07, 6.45) is 0.495. The Morgan fingerprint density at radius 3 is 1.79 bits per heavy atom. The van der Waals surface area contributed by atoms with Gasteiger partial charge in [-0.15, -0.1) is 0 Å². The molecule has 0 aromatic heterocycles. The summed E-state index contributed by atoms with van der Waals surface area (Å²) in [7, 11) is 1.61. The number of rotatable bonds is 4. The van der Waals surface area contributed by atoms with E-state index in [0.717, 1.165) is 0 Å². The molecule has 5 N–H and O–H groups in total. The van der Waals surface area contributed by atoms with Crippen molar-refractivity contribution in [3.63, 3.8) is 0 Å². The predicted molar refractivity (Wildman–Crippen MR) is 52.1 cm³/mol. The number of hydrogen-bond acceptors (Lipinski definition) is 4. The number of likely N-dealkylation sites (N-methyl/N-ethyl adjacent to an activating group) is 1. The Kier molecular flexibility index (Phi) is 9.27. The van der Waals surface area contributed by atoms with Crippen LogP contribution in [0.4, 0.5) is 0 Å². The van der Waals surface area contributed by atoms with Gasteiger partial charge in [-0.05, 0) is 20.4 Å². The van der Waals surface area contributed by atoms with Crippen LogP contribution in [0.5, 0.6) is 0 Å². The molecular weight excluding hydrogens is 188 g/mol. The summed E-state index contributed by atoms with van der Waals surface area (Å²) in [5.41, 5.74) is 5.02. The van der Waals surface area contributed by atoms with Crippen LogP contribution in [0, 0.1) is 0 Å². The molecule has 14 heavy (non-hydrogen) atoms. The maximum atomic E-state index is 9.87. The lowest BCUT2D eigenvalue weighted by molar-refractivity contribution is -0.139. The van der Waals surface area contributed by atoms with Crippen molar-refractivity contribution in [1.82, 2.24) is 5.32 Å². The number of nitrogens with two attached hydrogens (primary N) is 1. The molecule has 6 nitrogen and oxygen atoms in total. The molecule has 0 aliphatic heterocycles. The third kappa shape index (κ3) is 8.95. The molecule has 84 valence electrons. The number of nitrogens with one attached hydrogen (secondary N) is 1. The minimum Gasteiger partial charge on any atom is -0.480 e. The predicted octanol–water partition coefficient (Wildman–Crippen LogP) is -0.513. The van der Waals surface area contributed by atoms with E-state index in [9.17, 15) is 9.59 Å². The second-order valence-corrected chi connectivity index (χ2v) is 2.70. The molecule has 0 aromatic rings. The summed E-state index contributed by atoms with van der Waals surface area (Å²) in [6.45, 7) is 3.32. The molecule has 1 unspecified atom stereocenters. The summed E-state index contributed by atoms with van der Waals surface area (Å²) in [5.74, 6) is -1.75. The van der Waals surface area contributed by atoms with Crippen LogP contribution in [0.3, 0.4) is 0 Å². The Bertz CT molecular complexity index is 164. The summed E-state index contributed by atoms with van der Waals surface area (Å²) in [5, 5.41) is 18.7. The molecule has 0 saturated carbocycles. The molecule has 0 rings (SSSR count). The van der Waals surface area contributed by atoms with Crippen LogP contribution in [-0.4, -0.2) is 41.3 Å². The van der Waals surface area contributed by atoms with E-state index in [4.69, 9.17) is 15.9 Å². The van der Waals surface area contributed by atoms with E-state index < -0.39 is 24.0 Å². The zero-order valence-corrected chi connectivity index (χ0v) is 8.65. The van der Waals surface area contributed by atoms with E-state index in [2.05, 4.69) is 5.32 Å². The maximum absolute atomic E-state index is 9.87. The van der Waals surface area contributed by atoms with E-state index in [1.165, 1.54) is 0 Å². The molecule has 0 saturated heterocycles. The summed E-state index contributed by atoms with van der Waals surface area (Å²) < 4.78 is 0. The third-order valence-corrected chi connectivity index (χ3v) is 1.56. The Balaban J connectivity index is 0. The van der Waals surface area contributed by atoms with Crippen molar-refractivity contribution in [3.8, 4) is 0 Å². The Labute approximate surface area is 83.1 Å². The van der Waals surface area contributed by atoms with Gasteiger partial charge in [-0.1, -0.05) is 6.92 Å². The maximum Gasteiger partial charge on any atom is 0.320 e. The zero-order chi connectivity index (χ0) is 11.7. The molecule has 0 heterocycles. The second kappa shape index (κ2) is 8.46. The van der Waals surface area contributed by atoms with Gasteiger partial charge in [0, 0.05) is 0 Å². The van der Waals surface area contributed by atoms with Gasteiger partial charge in [0.2, 0.25) is 0 Å². The number of carboxylic acid groups (broad SMARTS) is 2. The number of hydrogen-bond donors (Lipinski definition) is 4. The molecule has 0 spiro atoms. The Hall–Kier alpha value is -1.14. The van der Waals surface area contributed by atoms with E-state index in [0.29, 0.717) is 6.42 Å². The van der Waals surface area contributed by atoms with Crippen LogP contribution in [0.1, 0.15) is 20.3 Å². The first kappa shape index (κ1) is 15.3. The van der Waals surface area contributed by atoms with Gasteiger partial charge >= 0.3 is 11.9 Å². The molecule has 6 heteroatoms. The summed E-state index contributed by atoms with van der Waals surface area (Å²) in [4.78, 5) is 19.7. The van der Waals surface area contributed by atoms with Crippen molar-refractivity contribution in [2.24, 2.45) is 5.73 Å². The molecule has 0 aliphatic rings. The van der Waals surface area contributed by atoms with Gasteiger partial charge in [0.1, 0.15) is 12.1 Å². The van der Waals surface area contributed by atoms with Gasteiger partial charge in [-0.2, -0.15) is 0 Å². The number of carbonyl (C=O) groups is 2. The molecule has 2 atom stereocenters. The van der Waals surface area contributed by atoms with Gasteiger partial charge in [0.25, 0.3) is 0 Å². The van der Waals surface area contributed by atoms with Crippen molar-refractivity contribution in [2.45, 2.75) is 32.4 Å². The van der Waals surface area contributed by atoms with Crippen LogP contribution in [-0.2, 0) is 9.59 Å². The minimum absolute atomic E-state index is 0.431. The fourth-order valence-electron chi connectivity index (χ4n) is 0.298.